The number of hydrogen-bond acceptors (Lipinski definition) is 1. The molecule has 1 N–H and O–H groups in total. The summed E-state index contributed by atoms with van der Waals surface area (Å²) in [5.74, 6) is 0.939. The van der Waals surface area contributed by atoms with E-state index in [-0.39, 0.29) is 5.54 Å². The van der Waals surface area contributed by atoms with Crippen LogP contribution in [0.2, 0.25) is 0 Å². The summed E-state index contributed by atoms with van der Waals surface area (Å²) < 4.78 is 0. The molecule has 2 saturated carbocycles. The maximum atomic E-state index is 3.64. The molecule has 0 spiro atoms. The molecule has 0 aromatic carbocycles. The minimum absolute atomic E-state index is 0.286. The van der Waals surface area contributed by atoms with Crippen LogP contribution in [0.3, 0.4) is 0 Å². The fourth-order valence-electron chi connectivity index (χ4n) is 2.68. The summed E-state index contributed by atoms with van der Waals surface area (Å²) in [6.07, 6.45) is 4.39. The zero-order valence-corrected chi connectivity index (χ0v) is 10.4. The van der Waals surface area contributed by atoms with Gasteiger partial charge in [0.1, 0.15) is 0 Å². The van der Waals surface area contributed by atoms with E-state index in [2.05, 4.69) is 39.9 Å². The van der Waals surface area contributed by atoms with Crippen molar-refractivity contribution in [3.05, 3.63) is 0 Å². The first-order valence-corrected chi connectivity index (χ1v) is 6.02. The average molecular weight is 195 g/mol. The van der Waals surface area contributed by atoms with Gasteiger partial charge in [-0.3, -0.25) is 0 Å². The van der Waals surface area contributed by atoms with Crippen LogP contribution in [0, 0.1) is 16.7 Å². The van der Waals surface area contributed by atoms with E-state index in [9.17, 15) is 0 Å². The van der Waals surface area contributed by atoms with E-state index in [1.807, 2.05) is 0 Å². The fraction of sp³-hybridized carbons (Fsp3) is 1.00. The summed E-state index contributed by atoms with van der Waals surface area (Å²) in [5, 5.41) is 3.64. The highest BCUT2D eigenvalue weighted by Crippen LogP contribution is 2.72. The number of rotatable bonds is 3. The van der Waals surface area contributed by atoms with E-state index in [0.717, 1.165) is 5.92 Å². The zero-order valence-electron chi connectivity index (χ0n) is 10.4. The van der Waals surface area contributed by atoms with Crippen LogP contribution >= 0.6 is 0 Å². The molecule has 0 bridgehead atoms. The summed E-state index contributed by atoms with van der Waals surface area (Å²) in [6.45, 7) is 13.0. The SMILES string of the molecule is CC(C)(C)NCC1CC1(C)C1(C)CC1. The second kappa shape index (κ2) is 2.75. The van der Waals surface area contributed by atoms with Crippen molar-refractivity contribution in [1.82, 2.24) is 5.32 Å². The Morgan fingerprint density at radius 2 is 1.79 bits per heavy atom. The smallest absolute Gasteiger partial charge is 0.00966 e. The third-order valence-electron chi connectivity index (χ3n) is 4.67. The van der Waals surface area contributed by atoms with Crippen molar-refractivity contribution in [2.24, 2.45) is 16.7 Å². The topological polar surface area (TPSA) is 12.0 Å². The van der Waals surface area contributed by atoms with Crippen LogP contribution < -0.4 is 5.32 Å². The highest BCUT2D eigenvalue weighted by Gasteiger charge is 2.65. The molecule has 0 aromatic rings. The van der Waals surface area contributed by atoms with Gasteiger partial charge >= 0.3 is 0 Å². The predicted octanol–water partition coefficient (Wildman–Crippen LogP) is 3.20. The maximum absolute atomic E-state index is 3.64. The van der Waals surface area contributed by atoms with Crippen LogP contribution in [0.1, 0.15) is 53.9 Å². The summed E-state index contributed by atoms with van der Waals surface area (Å²) in [5.41, 5.74) is 1.66. The Kier molecular flexibility index (Phi) is 2.06. The molecule has 2 aliphatic rings. The number of nitrogens with one attached hydrogen (secondary N) is 1. The van der Waals surface area contributed by atoms with E-state index in [1.165, 1.54) is 25.8 Å². The second-order valence-corrected chi connectivity index (χ2v) is 7.01. The summed E-state index contributed by atoms with van der Waals surface area (Å²) in [7, 11) is 0. The minimum Gasteiger partial charge on any atom is -0.312 e. The Morgan fingerprint density at radius 1 is 1.21 bits per heavy atom. The predicted molar refractivity (Wildman–Crippen MR) is 61.3 cm³/mol. The monoisotopic (exact) mass is 195 g/mol. The molecule has 1 nitrogen and oxygen atoms in total. The van der Waals surface area contributed by atoms with Crippen molar-refractivity contribution in [2.75, 3.05) is 6.54 Å². The van der Waals surface area contributed by atoms with E-state index < -0.39 is 0 Å². The highest BCUT2D eigenvalue weighted by atomic mass is 15.0. The molecular weight excluding hydrogens is 170 g/mol. The molecule has 2 aliphatic carbocycles. The van der Waals surface area contributed by atoms with Gasteiger partial charge < -0.3 is 5.32 Å². The second-order valence-electron chi connectivity index (χ2n) is 7.01. The Hall–Kier alpha value is -0.0400. The molecule has 14 heavy (non-hydrogen) atoms. The molecule has 2 fully saturated rings. The lowest BCUT2D eigenvalue weighted by Gasteiger charge is -2.24. The molecule has 2 rings (SSSR count). The quantitative estimate of drug-likeness (QED) is 0.729. The average Bonchev–Trinajstić information content (AvgIpc) is 2.87. The van der Waals surface area contributed by atoms with Gasteiger partial charge in [0.05, 0.1) is 0 Å². The lowest BCUT2D eigenvalue weighted by molar-refractivity contribution is 0.291. The lowest BCUT2D eigenvalue weighted by atomic mass is 9.87. The van der Waals surface area contributed by atoms with Gasteiger partial charge in [0, 0.05) is 5.54 Å². The fourth-order valence-corrected chi connectivity index (χ4v) is 2.68. The molecule has 2 atom stereocenters. The Bertz CT molecular complexity index is 234. The van der Waals surface area contributed by atoms with Crippen LogP contribution in [0.25, 0.3) is 0 Å². The van der Waals surface area contributed by atoms with Crippen molar-refractivity contribution in [3.63, 3.8) is 0 Å². The van der Waals surface area contributed by atoms with Crippen LogP contribution in [-0.4, -0.2) is 12.1 Å². The van der Waals surface area contributed by atoms with Crippen molar-refractivity contribution in [1.29, 1.82) is 0 Å². The molecular formula is C13H25N. The minimum atomic E-state index is 0.286. The highest BCUT2D eigenvalue weighted by molar-refractivity contribution is 5.15. The van der Waals surface area contributed by atoms with Crippen LogP contribution in [0.4, 0.5) is 0 Å². The van der Waals surface area contributed by atoms with E-state index >= 15 is 0 Å². The molecule has 0 aliphatic heterocycles. The Balaban J connectivity index is 1.82. The van der Waals surface area contributed by atoms with Crippen LogP contribution in [0.15, 0.2) is 0 Å². The van der Waals surface area contributed by atoms with Crippen molar-refractivity contribution < 1.29 is 0 Å². The van der Waals surface area contributed by atoms with E-state index in [4.69, 9.17) is 0 Å². The van der Waals surface area contributed by atoms with E-state index in [1.54, 1.807) is 0 Å². The van der Waals surface area contributed by atoms with Gasteiger partial charge in [-0.15, -0.1) is 0 Å². The third kappa shape index (κ3) is 1.71. The largest absolute Gasteiger partial charge is 0.312 e. The van der Waals surface area contributed by atoms with Gasteiger partial charge in [-0.1, -0.05) is 13.8 Å². The summed E-state index contributed by atoms with van der Waals surface area (Å²) in [6, 6.07) is 0. The van der Waals surface area contributed by atoms with Gasteiger partial charge in [-0.2, -0.15) is 0 Å². The first-order valence-electron chi connectivity index (χ1n) is 6.02. The normalized spacial score (nSPS) is 39.6. The molecule has 0 aromatic heterocycles. The standard InChI is InChI=1S/C13H25N/c1-11(2,3)14-9-10-8-13(10,5)12(4)6-7-12/h10,14H,6-9H2,1-5H3. The van der Waals surface area contributed by atoms with Crippen LogP contribution in [0.5, 0.6) is 0 Å². The molecule has 0 saturated heterocycles. The van der Waals surface area contributed by atoms with Gasteiger partial charge in [-0.05, 0) is 63.3 Å². The molecule has 0 heterocycles. The third-order valence-corrected chi connectivity index (χ3v) is 4.67. The van der Waals surface area contributed by atoms with Crippen molar-refractivity contribution in [3.8, 4) is 0 Å². The Labute approximate surface area is 88.7 Å². The molecule has 2 unspecified atom stereocenters. The summed E-state index contributed by atoms with van der Waals surface area (Å²) >= 11 is 0. The van der Waals surface area contributed by atoms with Gasteiger partial charge in [0.25, 0.3) is 0 Å². The summed E-state index contributed by atoms with van der Waals surface area (Å²) in [4.78, 5) is 0. The Morgan fingerprint density at radius 3 is 2.21 bits per heavy atom. The van der Waals surface area contributed by atoms with Gasteiger partial charge in [-0.25, -0.2) is 0 Å². The van der Waals surface area contributed by atoms with Crippen molar-refractivity contribution in [2.45, 2.75) is 59.4 Å². The van der Waals surface area contributed by atoms with Gasteiger partial charge in [0.15, 0.2) is 0 Å². The first kappa shape index (κ1) is 10.5. The number of hydrogen-bond donors (Lipinski definition) is 1. The van der Waals surface area contributed by atoms with E-state index in [0.29, 0.717) is 10.8 Å². The zero-order chi connectivity index (χ0) is 10.6. The van der Waals surface area contributed by atoms with Gasteiger partial charge in [0.2, 0.25) is 0 Å². The molecule has 0 amide bonds. The van der Waals surface area contributed by atoms with Crippen molar-refractivity contribution >= 4 is 0 Å². The maximum Gasteiger partial charge on any atom is 0.00966 e. The first-order chi connectivity index (χ1) is 6.27. The molecule has 0 radical (unpaired) electrons. The molecule has 82 valence electrons. The molecule has 1 heteroatoms. The lowest BCUT2D eigenvalue weighted by Crippen LogP contribution is -2.38. The van der Waals surface area contributed by atoms with Crippen LogP contribution in [-0.2, 0) is 0 Å².